The number of nitrogens with two attached hydrogens (primary N) is 1. The molecule has 1 aliphatic rings. The smallest absolute Gasteiger partial charge is 0.321 e. The molecule has 1 aliphatic heterocycles. The lowest BCUT2D eigenvalue weighted by atomic mass is 10.3. The molecule has 0 radical (unpaired) electrons. The van der Waals surface area contributed by atoms with E-state index in [1.54, 1.807) is 13.8 Å². The molecule has 0 aromatic carbocycles. The molecule has 0 aromatic heterocycles. The number of carboxylic acids is 1. The molecule has 3 N–H and O–H groups in total. The molecule has 7 heteroatoms. The maximum absolute atomic E-state index is 11.8. The number of imide groups is 1. The molecule has 0 bridgehead atoms. The summed E-state index contributed by atoms with van der Waals surface area (Å²) in [6, 6.07) is -1.16. The second kappa shape index (κ2) is 5.50. The normalized spacial score (nSPS) is 22.4. The number of thioether (sulfide) groups is 1. The van der Waals surface area contributed by atoms with Gasteiger partial charge in [0.05, 0.1) is 5.25 Å². The molecule has 0 aliphatic carbocycles. The van der Waals surface area contributed by atoms with Gasteiger partial charge in [-0.25, -0.2) is 0 Å². The van der Waals surface area contributed by atoms with Gasteiger partial charge in [0.15, 0.2) is 0 Å². The van der Waals surface area contributed by atoms with Gasteiger partial charge in [0, 0.05) is 18.2 Å². The predicted octanol–water partition coefficient (Wildman–Crippen LogP) is -0.333. The van der Waals surface area contributed by atoms with Crippen LogP contribution in [0.2, 0.25) is 0 Å². The molecule has 0 saturated carbocycles. The van der Waals surface area contributed by atoms with Crippen LogP contribution in [0.15, 0.2) is 0 Å². The second-order valence-corrected chi connectivity index (χ2v) is 5.40. The van der Waals surface area contributed by atoms with E-state index in [1.807, 2.05) is 0 Å². The first kappa shape index (κ1) is 14.0. The molecule has 1 heterocycles. The number of likely N-dealkylation sites (tertiary alicyclic amines) is 1. The summed E-state index contributed by atoms with van der Waals surface area (Å²) in [5, 5.41) is 8.12. The Morgan fingerprint density at radius 1 is 1.59 bits per heavy atom. The van der Waals surface area contributed by atoms with Crippen molar-refractivity contribution in [2.24, 2.45) is 5.73 Å². The van der Waals surface area contributed by atoms with E-state index >= 15 is 0 Å². The number of nitrogens with zero attached hydrogens (tertiary/aromatic N) is 1. The summed E-state index contributed by atoms with van der Waals surface area (Å²) in [4.78, 5) is 35.1. The van der Waals surface area contributed by atoms with Crippen molar-refractivity contribution in [3.05, 3.63) is 0 Å². The lowest BCUT2D eigenvalue weighted by Gasteiger charge is -2.18. The molecule has 1 rings (SSSR count). The average Bonchev–Trinajstić information content (AvgIpc) is 2.50. The summed E-state index contributed by atoms with van der Waals surface area (Å²) in [7, 11) is 0. The number of hydrogen-bond acceptors (Lipinski definition) is 5. The van der Waals surface area contributed by atoms with Gasteiger partial charge >= 0.3 is 5.97 Å². The van der Waals surface area contributed by atoms with Gasteiger partial charge in [-0.1, -0.05) is 0 Å². The standard InChI is InChI=1S/C10H16N2O4S/c1-5(2)12-8(13)3-7(9(12)14)17-4-6(11)10(15)16/h5-7H,3-4,11H2,1-2H3,(H,15,16)/t6-,7+/m0/s1. The summed E-state index contributed by atoms with van der Waals surface area (Å²) < 4.78 is 0. The third-order valence-corrected chi connectivity index (χ3v) is 3.77. The zero-order chi connectivity index (χ0) is 13.2. The van der Waals surface area contributed by atoms with Crippen molar-refractivity contribution in [2.75, 3.05) is 5.75 Å². The Bertz CT molecular complexity index is 345. The Morgan fingerprint density at radius 3 is 2.59 bits per heavy atom. The van der Waals surface area contributed by atoms with Crippen LogP contribution in [-0.4, -0.2) is 50.9 Å². The van der Waals surface area contributed by atoms with Crippen LogP contribution in [0.3, 0.4) is 0 Å². The van der Waals surface area contributed by atoms with Crippen LogP contribution in [-0.2, 0) is 14.4 Å². The van der Waals surface area contributed by atoms with Crippen LogP contribution < -0.4 is 5.73 Å². The van der Waals surface area contributed by atoms with E-state index < -0.39 is 17.3 Å². The highest BCUT2D eigenvalue weighted by molar-refractivity contribution is 8.00. The third-order valence-electron chi connectivity index (χ3n) is 2.45. The summed E-state index contributed by atoms with van der Waals surface area (Å²) >= 11 is 1.14. The van der Waals surface area contributed by atoms with Gasteiger partial charge in [0.1, 0.15) is 6.04 Å². The van der Waals surface area contributed by atoms with E-state index in [1.165, 1.54) is 4.90 Å². The number of hydrogen-bond donors (Lipinski definition) is 2. The highest BCUT2D eigenvalue weighted by Gasteiger charge is 2.40. The van der Waals surface area contributed by atoms with Gasteiger partial charge in [-0.05, 0) is 13.8 Å². The van der Waals surface area contributed by atoms with Crippen molar-refractivity contribution in [1.82, 2.24) is 4.90 Å². The minimum absolute atomic E-state index is 0.130. The quantitative estimate of drug-likeness (QED) is 0.656. The van der Waals surface area contributed by atoms with E-state index in [0.717, 1.165) is 11.8 Å². The fourth-order valence-corrected chi connectivity index (χ4v) is 2.68. The molecule has 0 unspecified atom stereocenters. The van der Waals surface area contributed by atoms with Gasteiger partial charge in [0.25, 0.3) is 0 Å². The number of rotatable bonds is 5. The zero-order valence-corrected chi connectivity index (χ0v) is 10.6. The summed E-state index contributed by atoms with van der Waals surface area (Å²) in [6.07, 6.45) is 0.133. The maximum Gasteiger partial charge on any atom is 0.321 e. The van der Waals surface area contributed by atoms with E-state index in [2.05, 4.69) is 0 Å². The zero-order valence-electron chi connectivity index (χ0n) is 9.75. The van der Waals surface area contributed by atoms with Crippen LogP contribution in [0.25, 0.3) is 0 Å². The molecular formula is C10H16N2O4S. The van der Waals surface area contributed by atoms with Crippen molar-refractivity contribution >= 4 is 29.5 Å². The molecule has 6 nitrogen and oxygen atoms in total. The van der Waals surface area contributed by atoms with E-state index in [4.69, 9.17) is 10.8 Å². The van der Waals surface area contributed by atoms with Crippen LogP contribution in [0.1, 0.15) is 20.3 Å². The first-order chi connectivity index (χ1) is 7.84. The maximum atomic E-state index is 11.8. The number of amides is 2. The number of carboxylic acid groups (broad SMARTS) is 1. The first-order valence-electron chi connectivity index (χ1n) is 5.30. The average molecular weight is 260 g/mol. The minimum Gasteiger partial charge on any atom is -0.480 e. The van der Waals surface area contributed by atoms with E-state index in [9.17, 15) is 14.4 Å². The van der Waals surface area contributed by atoms with Crippen molar-refractivity contribution < 1.29 is 19.5 Å². The molecule has 0 spiro atoms. The second-order valence-electron chi connectivity index (χ2n) is 4.17. The van der Waals surface area contributed by atoms with Crippen molar-refractivity contribution in [1.29, 1.82) is 0 Å². The van der Waals surface area contributed by atoms with E-state index in [0.29, 0.717) is 0 Å². The van der Waals surface area contributed by atoms with Gasteiger partial charge in [-0.3, -0.25) is 19.3 Å². The molecular weight excluding hydrogens is 244 g/mol. The van der Waals surface area contributed by atoms with E-state index in [-0.39, 0.29) is 30.0 Å². The lowest BCUT2D eigenvalue weighted by Crippen LogP contribution is -2.38. The highest BCUT2D eigenvalue weighted by atomic mass is 32.2. The topological polar surface area (TPSA) is 101 Å². The van der Waals surface area contributed by atoms with Crippen molar-refractivity contribution in [3.8, 4) is 0 Å². The van der Waals surface area contributed by atoms with Crippen molar-refractivity contribution in [2.45, 2.75) is 37.6 Å². The van der Waals surface area contributed by atoms with Crippen molar-refractivity contribution in [3.63, 3.8) is 0 Å². The fourth-order valence-electron chi connectivity index (χ4n) is 1.59. The Morgan fingerprint density at radius 2 is 2.18 bits per heavy atom. The molecule has 17 heavy (non-hydrogen) atoms. The largest absolute Gasteiger partial charge is 0.480 e. The Labute approximate surface area is 104 Å². The lowest BCUT2D eigenvalue weighted by molar-refractivity contribution is -0.140. The van der Waals surface area contributed by atoms with Crippen LogP contribution >= 0.6 is 11.8 Å². The monoisotopic (exact) mass is 260 g/mol. The predicted molar refractivity (Wildman–Crippen MR) is 63.5 cm³/mol. The SMILES string of the molecule is CC(C)N1C(=O)C[C@@H](SC[C@H](N)C(=O)O)C1=O. The van der Waals surface area contributed by atoms with Gasteiger partial charge in [-0.2, -0.15) is 0 Å². The fraction of sp³-hybridized carbons (Fsp3) is 0.700. The number of carbonyl (C=O) groups is 3. The molecule has 2 amide bonds. The Hall–Kier alpha value is -1.08. The third kappa shape index (κ3) is 3.19. The van der Waals surface area contributed by atoms with Gasteiger partial charge < -0.3 is 10.8 Å². The first-order valence-corrected chi connectivity index (χ1v) is 6.35. The van der Waals surface area contributed by atoms with Crippen LogP contribution in [0, 0.1) is 0 Å². The van der Waals surface area contributed by atoms with Crippen LogP contribution in [0.4, 0.5) is 0 Å². The summed E-state index contributed by atoms with van der Waals surface area (Å²) in [5.41, 5.74) is 5.34. The Balaban J connectivity index is 2.55. The molecule has 0 aromatic rings. The number of aliphatic carboxylic acids is 1. The molecule has 1 saturated heterocycles. The highest BCUT2D eigenvalue weighted by Crippen LogP contribution is 2.26. The van der Waals surface area contributed by atoms with Crippen LogP contribution in [0.5, 0.6) is 0 Å². The molecule has 2 atom stereocenters. The van der Waals surface area contributed by atoms with Gasteiger partial charge in [-0.15, -0.1) is 11.8 Å². The molecule has 96 valence electrons. The van der Waals surface area contributed by atoms with Gasteiger partial charge in [0.2, 0.25) is 11.8 Å². The number of carbonyl (C=O) groups excluding carboxylic acids is 2. The Kier molecular flexibility index (Phi) is 4.53. The summed E-state index contributed by atoms with van der Waals surface area (Å²) in [5.74, 6) is -1.42. The summed E-state index contributed by atoms with van der Waals surface area (Å²) in [6.45, 7) is 3.54. The molecule has 1 fully saturated rings. The minimum atomic E-state index is -1.10.